The largest absolute Gasteiger partial charge is 0.488 e. The number of carbonyl (C=O) groups excluding carboxylic acids is 2. The molecule has 1 aromatic carbocycles. The highest BCUT2D eigenvalue weighted by Gasteiger charge is 2.29. The normalized spacial score (nSPS) is 17.1. The molecule has 43 heavy (non-hydrogen) atoms. The number of nitrogens with one attached hydrogen (secondary N) is 2. The molecule has 1 aliphatic heterocycles. The molecule has 0 saturated heterocycles. The lowest BCUT2D eigenvalue weighted by atomic mass is 9.98. The van der Waals surface area contributed by atoms with Crippen molar-refractivity contribution in [3.8, 4) is 0 Å². The zero-order chi connectivity index (χ0) is 29.8. The van der Waals surface area contributed by atoms with Crippen LogP contribution in [0, 0.1) is 12.7 Å². The Hall–Kier alpha value is -5.40. The highest BCUT2D eigenvalue weighted by molar-refractivity contribution is 5.98. The number of amides is 2. The van der Waals surface area contributed by atoms with Crippen LogP contribution in [-0.4, -0.2) is 58.8 Å². The summed E-state index contributed by atoms with van der Waals surface area (Å²) in [5.74, 6) is -1.41. The number of fused-ring (bicyclic) bond motifs is 4. The minimum atomic E-state index is -1.01. The van der Waals surface area contributed by atoms with E-state index in [1.54, 1.807) is 19.3 Å². The van der Waals surface area contributed by atoms with Crippen molar-refractivity contribution in [1.29, 1.82) is 0 Å². The summed E-state index contributed by atoms with van der Waals surface area (Å²) >= 11 is 0. The molecule has 0 radical (unpaired) electrons. The Morgan fingerprint density at radius 2 is 2.05 bits per heavy atom. The molecule has 3 N–H and O–H groups in total. The number of allylic oxidation sites excluding steroid dienone is 3. The summed E-state index contributed by atoms with van der Waals surface area (Å²) in [5, 5.41) is 27.2. The summed E-state index contributed by atoms with van der Waals surface area (Å²) in [6.45, 7) is 2.32. The Bertz CT molecular complexity index is 1920. The number of carbonyl (C=O) groups is 3. The van der Waals surface area contributed by atoms with Gasteiger partial charge in [-0.05, 0) is 60.6 Å². The number of benzene rings is 1. The second kappa shape index (κ2) is 10.2. The van der Waals surface area contributed by atoms with Crippen molar-refractivity contribution >= 4 is 29.1 Å². The van der Waals surface area contributed by atoms with E-state index in [0.717, 1.165) is 38.9 Å². The first kappa shape index (κ1) is 26.5. The Morgan fingerprint density at radius 3 is 2.88 bits per heavy atom. The highest BCUT2D eigenvalue weighted by Crippen LogP contribution is 2.35. The lowest BCUT2D eigenvalue weighted by molar-refractivity contribution is 0.0695. The topological polar surface area (TPSA) is 166 Å². The molecule has 218 valence electrons. The van der Waals surface area contributed by atoms with Gasteiger partial charge in [-0.3, -0.25) is 14.2 Å². The summed E-state index contributed by atoms with van der Waals surface area (Å²) < 4.78 is 23.3. The lowest BCUT2D eigenvalue weighted by Crippen LogP contribution is -2.31. The van der Waals surface area contributed by atoms with E-state index in [2.05, 4.69) is 30.9 Å². The van der Waals surface area contributed by atoms with Gasteiger partial charge in [-0.1, -0.05) is 6.07 Å². The number of carboxylic acids is 1. The molecule has 2 aliphatic carbocycles. The number of halogens is 1. The molecule has 2 amide bonds. The molecular formula is C29H25FN8O5. The third-order valence-corrected chi connectivity index (χ3v) is 8.15. The van der Waals surface area contributed by atoms with Crippen molar-refractivity contribution in [2.75, 3.05) is 6.54 Å². The van der Waals surface area contributed by atoms with Crippen LogP contribution in [0.2, 0.25) is 0 Å². The van der Waals surface area contributed by atoms with Gasteiger partial charge in [0.2, 0.25) is 0 Å². The van der Waals surface area contributed by atoms with Gasteiger partial charge in [0.15, 0.2) is 17.3 Å². The number of carboxylic acid groups (broad SMARTS) is 1. The molecule has 4 aromatic rings. The van der Waals surface area contributed by atoms with Crippen LogP contribution in [0.25, 0.3) is 11.3 Å². The van der Waals surface area contributed by atoms with Gasteiger partial charge >= 0.3 is 5.97 Å². The molecular weight excluding hydrogens is 559 g/mol. The fourth-order valence-corrected chi connectivity index (χ4v) is 5.94. The minimum Gasteiger partial charge on any atom is -0.488 e. The molecule has 14 heteroatoms. The van der Waals surface area contributed by atoms with Gasteiger partial charge in [-0.25, -0.2) is 18.7 Å². The highest BCUT2D eigenvalue weighted by atomic mass is 19.1. The van der Waals surface area contributed by atoms with Crippen molar-refractivity contribution < 1.29 is 28.6 Å². The smallest absolute Gasteiger partial charge is 0.335 e. The Kier molecular flexibility index (Phi) is 6.25. The van der Waals surface area contributed by atoms with Crippen LogP contribution in [0.4, 0.5) is 4.39 Å². The van der Waals surface area contributed by atoms with E-state index in [-0.39, 0.29) is 29.1 Å². The number of ether oxygens (including phenoxy) is 1. The maximum Gasteiger partial charge on any atom is 0.335 e. The van der Waals surface area contributed by atoms with Gasteiger partial charge in [0.1, 0.15) is 30.1 Å². The fraction of sp³-hybridized carbons (Fsp3) is 0.276. The summed E-state index contributed by atoms with van der Waals surface area (Å²) in [6.07, 6.45) is 6.98. The molecule has 0 fully saturated rings. The average molecular weight is 585 g/mol. The number of hydrogen-bond donors (Lipinski definition) is 3. The first-order valence-electron chi connectivity index (χ1n) is 13.7. The predicted molar refractivity (Wildman–Crippen MR) is 147 cm³/mol. The Balaban J connectivity index is 1.12. The van der Waals surface area contributed by atoms with Crippen molar-refractivity contribution in [1.82, 2.24) is 40.0 Å². The zero-order valence-corrected chi connectivity index (χ0v) is 22.9. The van der Waals surface area contributed by atoms with E-state index >= 15 is 0 Å². The quantitative estimate of drug-likeness (QED) is 0.309. The maximum absolute atomic E-state index is 14.6. The van der Waals surface area contributed by atoms with Crippen molar-refractivity contribution in [3.63, 3.8) is 0 Å². The first-order chi connectivity index (χ1) is 20.8. The standard InChI is InChI=1S/C29H25FN8O5/c1-14-16-5-6-20(18(16)4-3-17(14)29(41)42)35-28(40)23-9-21(34-26-19(30)11-33-38(23)26)27(39)31-10-15-2-7-24-22(8-15)37-13-32-36-25(37)12-43-24/h3-4,8-9,11,13,20H,2,5-7,10,12H2,1H3,(H,31,39)(H,35,40)(H,41,42)/t20-/m0/s1. The SMILES string of the molecule is Cc1c(C(=O)O)ccc2c1CC[C@@H]2NC(=O)c1cc(C(=O)NCC2=CC3=C(CC2)OCc2nncn23)nc2c(F)cnn12. The second-order valence-corrected chi connectivity index (χ2v) is 10.6. The van der Waals surface area contributed by atoms with Crippen molar-refractivity contribution in [2.24, 2.45) is 0 Å². The van der Waals surface area contributed by atoms with E-state index < -0.39 is 29.6 Å². The molecule has 4 heterocycles. The Morgan fingerprint density at radius 1 is 1.19 bits per heavy atom. The summed E-state index contributed by atoms with van der Waals surface area (Å²) in [6, 6.07) is 4.13. The average Bonchev–Trinajstić information content (AvgIpc) is 3.74. The molecule has 0 spiro atoms. The van der Waals surface area contributed by atoms with E-state index in [4.69, 9.17) is 4.74 Å². The van der Waals surface area contributed by atoms with E-state index in [0.29, 0.717) is 43.7 Å². The maximum atomic E-state index is 14.6. The molecule has 13 nitrogen and oxygen atoms in total. The van der Waals surface area contributed by atoms with Crippen LogP contribution in [0.15, 0.2) is 48.1 Å². The van der Waals surface area contributed by atoms with Gasteiger partial charge in [0, 0.05) is 19.0 Å². The van der Waals surface area contributed by atoms with Crippen LogP contribution in [-0.2, 0) is 17.8 Å². The van der Waals surface area contributed by atoms with Crippen LogP contribution < -0.4 is 10.6 Å². The summed E-state index contributed by atoms with van der Waals surface area (Å²) in [4.78, 5) is 42.4. The number of nitrogens with zero attached hydrogens (tertiary/aromatic N) is 6. The third kappa shape index (κ3) is 4.51. The Labute approximate surface area is 243 Å². The number of rotatable bonds is 6. The van der Waals surface area contributed by atoms with Crippen LogP contribution in [0.1, 0.15) is 79.2 Å². The second-order valence-electron chi connectivity index (χ2n) is 10.6. The van der Waals surface area contributed by atoms with E-state index in [1.165, 1.54) is 12.1 Å². The van der Waals surface area contributed by atoms with Crippen LogP contribution in [0.5, 0.6) is 0 Å². The van der Waals surface area contributed by atoms with E-state index in [9.17, 15) is 23.9 Å². The monoisotopic (exact) mass is 584 g/mol. The number of aromatic nitrogens is 6. The molecule has 1 atom stereocenters. The zero-order valence-electron chi connectivity index (χ0n) is 22.9. The van der Waals surface area contributed by atoms with Crippen molar-refractivity contribution in [2.45, 2.75) is 45.3 Å². The fourth-order valence-electron chi connectivity index (χ4n) is 5.94. The number of aromatic carboxylic acids is 1. The molecule has 0 bridgehead atoms. The van der Waals surface area contributed by atoms with Gasteiger partial charge in [0.05, 0.1) is 23.5 Å². The third-order valence-electron chi connectivity index (χ3n) is 8.15. The first-order valence-corrected chi connectivity index (χ1v) is 13.7. The summed E-state index contributed by atoms with van der Waals surface area (Å²) in [5.41, 5.74) is 3.92. The number of hydrogen-bond acceptors (Lipinski definition) is 8. The summed E-state index contributed by atoms with van der Waals surface area (Å²) in [7, 11) is 0. The molecule has 0 saturated carbocycles. The molecule has 3 aliphatic rings. The molecule has 7 rings (SSSR count). The van der Waals surface area contributed by atoms with Gasteiger partial charge in [0.25, 0.3) is 11.8 Å². The van der Waals surface area contributed by atoms with Crippen molar-refractivity contribution in [3.05, 3.63) is 93.4 Å². The predicted octanol–water partition coefficient (Wildman–Crippen LogP) is 2.73. The van der Waals surface area contributed by atoms with Gasteiger partial charge in [-0.2, -0.15) is 5.10 Å². The van der Waals surface area contributed by atoms with Crippen LogP contribution >= 0.6 is 0 Å². The lowest BCUT2D eigenvalue weighted by Gasteiger charge is -2.25. The molecule has 0 unspecified atom stereocenters. The van der Waals surface area contributed by atoms with Gasteiger partial charge in [-0.15, -0.1) is 10.2 Å². The van der Waals surface area contributed by atoms with Gasteiger partial charge < -0.3 is 20.5 Å². The molecule has 3 aromatic heterocycles. The van der Waals surface area contributed by atoms with E-state index in [1.807, 2.05) is 10.6 Å². The minimum absolute atomic E-state index is 0.0578. The van der Waals surface area contributed by atoms with Crippen LogP contribution in [0.3, 0.4) is 0 Å².